The first kappa shape index (κ1) is 13.6. The third-order valence-electron chi connectivity index (χ3n) is 2.90. The van der Waals surface area contributed by atoms with Crippen molar-refractivity contribution in [3.8, 4) is 11.4 Å². The second kappa shape index (κ2) is 5.90. The number of rotatable bonds is 5. The summed E-state index contributed by atoms with van der Waals surface area (Å²) < 4.78 is 23.3. The van der Waals surface area contributed by atoms with Crippen molar-refractivity contribution in [2.45, 2.75) is 19.4 Å². The fraction of sp³-hybridized carbons (Fsp3) is 0.385. The Balaban J connectivity index is 2.20. The summed E-state index contributed by atoms with van der Waals surface area (Å²) in [6.07, 6.45) is 0.308. The third-order valence-corrected chi connectivity index (χ3v) is 2.90. The van der Waals surface area contributed by atoms with E-state index in [1.165, 1.54) is 12.1 Å². The largest absolute Gasteiger partial charge is 0.380 e. The van der Waals surface area contributed by atoms with Gasteiger partial charge in [-0.15, -0.1) is 0 Å². The fourth-order valence-electron chi connectivity index (χ4n) is 1.78. The van der Waals surface area contributed by atoms with Crippen molar-refractivity contribution >= 4 is 0 Å². The standard InChI is InChI=1S/C13H16FN3O2/c1-8-5-9(14)3-4-11(8)13-16-12(19-17-13)6-10(7-15)18-2/h3-5,10H,6-7,15H2,1-2H3. The van der Waals surface area contributed by atoms with E-state index in [1.54, 1.807) is 20.1 Å². The summed E-state index contributed by atoms with van der Waals surface area (Å²) in [4.78, 5) is 4.27. The molecule has 0 fully saturated rings. The predicted molar refractivity (Wildman–Crippen MR) is 68.0 cm³/mol. The van der Waals surface area contributed by atoms with E-state index in [0.29, 0.717) is 24.7 Å². The normalized spacial score (nSPS) is 12.6. The Bertz CT molecular complexity index is 553. The lowest BCUT2D eigenvalue weighted by Crippen LogP contribution is -2.24. The second-order valence-electron chi connectivity index (χ2n) is 4.27. The maximum Gasteiger partial charge on any atom is 0.229 e. The summed E-state index contributed by atoms with van der Waals surface area (Å²) >= 11 is 0. The molecule has 2 N–H and O–H groups in total. The molecule has 0 saturated carbocycles. The molecule has 0 saturated heterocycles. The van der Waals surface area contributed by atoms with Gasteiger partial charge in [0.2, 0.25) is 11.7 Å². The van der Waals surface area contributed by atoms with Gasteiger partial charge < -0.3 is 15.0 Å². The maximum atomic E-state index is 13.0. The summed E-state index contributed by atoms with van der Waals surface area (Å²) in [5.74, 6) is 0.614. The summed E-state index contributed by atoms with van der Waals surface area (Å²) in [7, 11) is 1.58. The van der Waals surface area contributed by atoms with Gasteiger partial charge in [0, 0.05) is 19.2 Å². The average Bonchev–Trinajstić information content (AvgIpc) is 2.84. The molecule has 1 unspecified atom stereocenters. The molecule has 0 spiro atoms. The van der Waals surface area contributed by atoms with Crippen LogP contribution in [0.3, 0.4) is 0 Å². The molecule has 2 aromatic rings. The van der Waals surface area contributed by atoms with E-state index >= 15 is 0 Å². The highest BCUT2D eigenvalue weighted by molar-refractivity contribution is 5.59. The van der Waals surface area contributed by atoms with Gasteiger partial charge in [-0.05, 0) is 30.7 Å². The minimum atomic E-state index is -0.285. The second-order valence-corrected chi connectivity index (χ2v) is 4.27. The number of halogens is 1. The fourth-order valence-corrected chi connectivity index (χ4v) is 1.78. The number of nitrogens with zero attached hydrogens (tertiary/aromatic N) is 2. The van der Waals surface area contributed by atoms with E-state index in [2.05, 4.69) is 10.1 Å². The molecule has 1 atom stereocenters. The van der Waals surface area contributed by atoms with Crippen LogP contribution in [0.4, 0.5) is 4.39 Å². The van der Waals surface area contributed by atoms with Crippen molar-refractivity contribution in [3.63, 3.8) is 0 Å². The Kier molecular flexibility index (Phi) is 4.24. The van der Waals surface area contributed by atoms with Gasteiger partial charge in [-0.3, -0.25) is 0 Å². The monoisotopic (exact) mass is 265 g/mol. The molecular weight excluding hydrogens is 249 g/mol. The maximum absolute atomic E-state index is 13.0. The van der Waals surface area contributed by atoms with Crippen molar-refractivity contribution in [1.82, 2.24) is 10.1 Å². The minimum absolute atomic E-state index is 0.150. The highest BCUT2D eigenvalue weighted by Gasteiger charge is 2.15. The number of aryl methyl sites for hydroxylation is 1. The third kappa shape index (κ3) is 3.15. The van der Waals surface area contributed by atoms with Crippen LogP contribution in [0.15, 0.2) is 22.7 Å². The van der Waals surface area contributed by atoms with Crippen molar-refractivity contribution in [3.05, 3.63) is 35.5 Å². The summed E-state index contributed by atoms with van der Waals surface area (Å²) in [6, 6.07) is 4.44. The lowest BCUT2D eigenvalue weighted by atomic mass is 10.1. The van der Waals surface area contributed by atoms with Gasteiger partial charge >= 0.3 is 0 Å². The predicted octanol–water partition coefficient (Wildman–Crippen LogP) is 1.70. The topological polar surface area (TPSA) is 74.2 Å². The first-order chi connectivity index (χ1) is 9.13. The molecule has 0 bridgehead atoms. The van der Waals surface area contributed by atoms with Crippen molar-refractivity contribution in [2.75, 3.05) is 13.7 Å². The molecule has 0 amide bonds. The summed E-state index contributed by atoms with van der Waals surface area (Å²) in [5, 5.41) is 3.89. The average molecular weight is 265 g/mol. The molecule has 2 rings (SSSR count). The Labute approximate surface area is 110 Å². The zero-order valence-electron chi connectivity index (χ0n) is 10.9. The van der Waals surface area contributed by atoms with E-state index in [0.717, 1.165) is 11.1 Å². The lowest BCUT2D eigenvalue weighted by Gasteiger charge is -2.08. The zero-order valence-corrected chi connectivity index (χ0v) is 10.9. The van der Waals surface area contributed by atoms with E-state index in [9.17, 15) is 4.39 Å². The van der Waals surface area contributed by atoms with Crippen LogP contribution < -0.4 is 5.73 Å². The number of methoxy groups -OCH3 is 1. The van der Waals surface area contributed by atoms with Crippen LogP contribution in [0.25, 0.3) is 11.4 Å². The molecule has 0 aliphatic carbocycles. The van der Waals surface area contributed by atoms with Crippen molar-refractivity contribution in [1.29, 1.82) is 0 Å². The minimum Gasteiger partial charge on any atom is -0.380 e. The van der Waals surface area contributed by atoms with Crippen LogP contribution >= 0.6 is 0 Å². The van der Waals surface area contributed by atoms with Gasteiger partial charge in [0.15, 0.2) is 0 Å². The Morgan fingerprint density at radius 1 is 1.47 bits per heavy atom. The van der Waals surface area contributed by atoms with Crippen molar-refractivity contribution in [2.24, 2.45) is 5.73 Å². The van der Waals surface area contributed by atoms with Gasteiger partial charge in [0.05, 0.1) is 12.5 Å². The molecule has 0 aliphatic heterocycles. The molecule has 0 radical (unpaired) electrons. The van der Waals surface area contributed by atoms with E-state index < -0.39 is 0 Å². The molecule has 6 heteroatoms. The molecular formula is C13H16FN3O2. The number of ether oxygens (including phenoxy) is 1. The smallest absolute Gasteiger partial charge is 0.229 e. The number of benzene rings is 1. The Morgan fingerprint density at radius 2 is 2.26 bits per heavy atom. The highest BCUT2D eigenvalue weighted by Crippen LogP contribution is 2.21. The lowest BCUT2D eigenvalue weighted by molar-refractivity contribution is 0.102. The molecule has 5 nitrogen and oxygen atoms in total. The van der Waals surface area contributed by atoms with E-state index in [1.807, 2.05) is 0 Å². The molecule has 1 aromatic carbocycles. The summed E-state index contributed by atoms with van der Waals surface area (Å²) in [5.41, 5.74) is 7.04. The van der Waals surface area contributed by atoms with Crippen LogP contribution in [0.1, 0.15) is 11.5 Å². The van der Waals surface area contributed by atoms with Crippen molar-refractivity contribution < 1.29 is 13.7 Å². The van der Waals surface area contributed by atoms with Crippen LogP contribution in [-0.2, 0) is 11.2 Å². The molecule has 1 heterocycles. The van der Waals surface area contributed by atoms with Gasteiger partial charge in [-0.2, -0.15) is 4.98 Å². The Hall–Kier alpha value is -1.79. The van der Waals surface area contributed by atoms with Gasteiger partial charge in [-0.25, -0.2) is 4.39 Å². The zero-order chi connectivity index (χ0) is 13.8. The first-order valence-electron chi connectivity index (χ1n) is 5.96. The van der Waals surface area contributed by atoms with E-state index in [-0.39, 0.29) is 11.9 Å². The van der Waals surface area contributed by atoms with Gasteiger partial charge in [0.25, 0.3) is 0 Å². The van der Waals surface area contributed by atoms with Gasteiger partial charge in [-0.1, -0.05) is 5.16 Å². The molecule has 19 heavy (non-hydrogen) atoms. The number of hydrogen-bond acceptors (Lipinski definition) is 5. The molecule has 0 aliphatic rings. The number of hydrogen-bond donors (Lipinski definition) is 1. The Morgan fingerprint density at radius 3 is 2.89 bits per heavy atom. The van der Waals surface area contributed by atoms with Crippen LogP contribution in [0.2, 0.25) is 0 Å². The SMILES string of the molecule is COC(CN)Cc1nc(-c2ccc(F)cc2C)no1. The quantitative estimate of drug-likeness (QED) is 0.890. The summed E-state index contributed by atoms with van der Waals surface area (Å²) in [6.45, 7) is 2.18. The number of nitrogens with two attached hydrogens (primary N) is 1. The van der Waals surface area contributed by atoms with E-state index in [4.69, 9.17) is 15.0 Å². The van der Waals surface area contributed by atoms with Crippen LogP contribution in [0.5, 0.6) is 0 Å². The highest BCUT2D eigenvalue weighted by atomic mass is 19.1. The molecule has 1 aromatic heterocycles. The van der Waals surface area contributed by atoms with Gasteiger partial charge in [0.1, 0.15) is 5.82 Å². The molecule has 102 valence electrons. The van der Waals surface area contributed by atoms with Crippen LogP contribution in [-0.4, -0.2) is 29.9 Å². The first-order valence-corrected chi connectivity index (χ1v) is 5.96. The number of aromatic nitrogens is 2. The van der Waals surface area contributed by atoms with Crippen LogP contribution in [0, 0.1) is 12.7 Å².